The van der Waals surface area contributed by atoms with E-state index in [1.165, 1.54) is 6.07 Å². The van der Waals surface area contributed by atoms with Crippen molar-refractivity contribution in [3.63, 3.8) is 0 Å². The van der Waals surface area contributed by atoms with Crippen LogP contribution in [-0.4, -0.2) is 66.0 Å². The van der Waals surface area contributed by atoms with E-state index in [1.54, 1.807) is 18.2 Å². The van der Waals surface area contributed by atoms with Crippen LogP contribution in [0.15, 0.2) is 66.7 Å². The molecule has 0 amide bonds. The van der Waals surface area contributed by atoms with Gasteiger partial charge in [0.25, 0.3) is 0 Å². The number of nitrogens with one attached hydrogen (secondary N) is 1. The zero-order valence-electron chi connectivity index (χ0n) is 25.9. The molecule has 45 heavy (non-hydrogen) atoms. The minimum absolute atomic E-state index is 0.00531. The Balaban J connectivity index is 1.19. The van der Waals surface area contributed by atoms with Crippen LogP contribution in [0.3, 0.4) is 0 Å². The zero-order valence-corrected chi connectivity index (χ0v) is 25.9. The van der Waals surface area contributed by atoms with Gasteiger partial charge in [0.05, 0.1) is 41.4 Å². The van der Waals surface area contributed by atoms with Crippen LogP contribution in [0.4, 0.5) is 15.8 Å². The first-order valence-electron chi connectivity index (χ1n) is 15.3. The number of nitrogens with zero attached hydrogens (tertiary/aromatic N) is 4. The molecule has 1 aromatic heterocycles. The summed E-state index contributed by atoms with van der Waals surface area (Å²) in [5.74, 6) is -0.404. The minimum Gasteiger partial charge on any atom is -0.473 e. The SMILES string of the molecule is CC(C)(C)OC(=O)C1(CN2CC=C(c3cccc(OCc4ccc(C#N)cc4F)n3)CC2)Nc2ccccc2N1C[C@@H]1CCO1. The Morgan fingerprint density at radius 1 is 1.20 bits per heavy atom. The summed E-state index contributed by atoms with van der Waals surface area (Å²) >= 11 is 0. The first-order chi connectivity index (χ1) is 21.6. The van der Waals surface area contributed by atoms with E-state index in [-0.39, 0.29) is 24.2 Å². The summed E-state index contributed by atoms with van der Waals surface area (Å²) in [5.41, 5.74) is 2.59. The highest BCUT2D eigenvalue weighted by molar-refractivity contribution is 5.96. The van der Waals surface area contributed by atoms with Crippen LogP contribution in [0, 0.1) is 17.1 Å². The van der Waals surface area contributed by atoms with E-state index in [0.717, 1.165) is 42.1 Å². The molecule has 9 nitrogen and oxygen atoms in total. The number of anilines is 2. The van der Waals surface area contributed by atoms with Crippen LogP contribution in [-0.2, 0) is 20.9 Å². The average molecular weight is 612 g/mol. The lowest BCUT2D eigenvalue weighted by Crippen LogP contribution is -2.66. The number of esters is 1. The summed E-state index contributed by atoms with van der Waals surface area (Å²) in [4.78, 5) is 23.2. The number of para-hydroxylation sites is 2. The predicted octanol–water partition coefficient (Wildman–Crippen LogP) is 5.52. The molecule has 1 N–H and O–H groups in total. The number of aromatic nitrogens is 1. The topological polar surface area (TPSA) is 99.9 Å². The number of rotatable bonds is 9. The Morgan fingerprint density at radius 3 is 2.71 bits per heavy atom. The average Bonchev–Trinajstić information content (AvgIpc) is 3.31. The van der Waals surface area contributed by atoms with Crippen LogP contribution in [0.5, 0.6) is 5.88 Å². The van der Waals surface area contributed by atoms with Gasteiger partial charge in [-0.2, -0.15) is 5.26 Å². The first-order valence-corrected chi connectivity index (χ1v) is 15.3. The fraction of sp³-hybridized carbons (Fsp3) is 0.400. The third kappa shape index (κ3) is 6.65. The number of carbonyl (C=O) groups excluding carboxylic acids is 1. The van der Waals surface area contributed by atoms with Crippen LogP contribution in [0.2, 0.25) is 0 Å². The molecule has 6 rings (SSSR count). The maximum atomic E-state index is 14.3. The highest BCUT2D eigenvalue weighted by Crippen LogP contribution is 2.42. The largest absolute Gasteiger partial charge is 0.473 e. The van der Waals surface area contributed by atoms with Gasteiger partial charge in [0.2, 0.25) is 11.5 Å². The van der Waals surface area contributed by atoms with Gasteiger partial charge in [0, 0.05) is 37.9 Å². The summed E-state index contributed by atoms with van der Waals surface area (Å²) in [6, 6.07) is 19.8. The minimum atomic E-state index is -1.12. The van der Waals surface area contributed by atoms with Crippen molar-refractivity contribution in [2.75, 3.05) is 43.0 Å². The molecule has 0 bridgehead atoms. The van der Waals surface area contributed by atoms with E-state index in [1.807, 2.05) is 63.2 Å². The Bertz CT molecular complexity index is 1640. The molecule has 3 aromatic rings. The molecule has 234 valence electrons. The molecule has 0 saturated carbocycles. The molecule has 1 fully saturated rings. The van der Waals surface area contributed by atoms with Gasteiger partial charge in [0.1, 0.15) is 18.0 Å². The number of hydrogen-bond acceptors (Lipinski definition) is 9. The first kappa shape index (κ1) is 30.6. The monoisotopic (exact) mass is 611 g/mol. The highest BCUT2D eigenvalue weighted by Gasteiger charge is 2.53. The second-order valence-corrected chi connectivity index (χ2v) is 12.7. The van der Waals surface area contributed by atoms with Crippen molar-refractivity contribution >= 4 is 22.9 Å². The molecule has 1 unspecified atom stereocenters. The molecular formula is C35H38FN5O4. The molecule has 0 aliphatic carbocycles. The zero-order chi connectivity index (χ0) is 31.6. The molecule has 0 radical (unpaired) electrons. The van der Waals surface area contributed by atoms with Gasteiger partial charge in [-0.3, -0.25) is 4.90 Å². The number of carbonyl (C=O) groups is 1. The van der Waals surface area contributed by atoms with Gasteiger partial charge in [-0.25, -0.2) is 14.2 Å². The molecule has 1 saturated heterocycles. The van der Waals surface area contributed by atoms with Crippen molar-refractivity contribution < 1.29 is 23.4 Å². The van der Waals surface area contributed by atoms with Crippen molar-refractivity contribution in [1.82, 2.24) is 9.88 Å². The lowest BCUT2D eigenvalue weighted by atomic mass is 10.0. The molecule has 0 spiro atoms. The second kappa shape index (κ2) is 12.5. The van der Waals surface area contributed by atoms with E-state index in [4.69, 9.17) is 19.5 Å². The van der Waals surface area contributed by atoms with E-state index in [2.05, 4.69) is 26.2 Å². The second-order valence-electron chi connectivity index (χ2n) is 12.7. The third-order valence-electron chi connectivity index (χ3n) is 8.27. The lowest BCUT2D eigenvalue weighted by molar-refractivity contribution is -0.161. The smallest absolute Gasteiger partial charge is 0.354 e. The molecule has 3 aliphatic heterocycles. The highest BCUT2D eigenvalue weighted by atomic mass is 19.1. The fourth-order valence-electron chi connectivity index (χ4n) is 5.88. The normalized spacial score (nSPS) is 21.2. The van der Waals surface area contributed by atoms with Gasteiger partial charge in [-0.15, -0.1) is 0 Å². The maximum Gasteiger partial charge on any atom is 0.354 e. The summed E-state index contributed by atoms with van der Waals surface area (Å²) in [6.07, 6.45) is 3.88. The van der Waals surface area contributed by atoms with E-state index in [0.29, 0.717) is 37.6 Å². The third-order valence-corrected chi connectivity index (χ3v) is 8.27. The number of hydrogen-bond donors (Lipinski definition) is 1. The van der Waals surface area contributed by atoms with Gasteiger partial charge in [-0.1, -0.05) is 30.3 Å². The Morgan fingerprint density at radius 2 is 2.02 bits per heavy atom. The van der Waals surface area contributed by atoms with Gasteiger partial charge in [0.15, 0.2) is 0 Å². The Labute approximate surface area is 263 Å². The van der Waals surface area contributed by atoms with E-state index in [9.17, 15) is 9.18 Å². The molecule has 3 aliphatic rings. The molecular weight excluding hydrogens is 573 g/mol. The number of fused-ring (bicyclic) bond motifs is 1. The Kier molecular flexibility index (Phi) is 8.49. The summed E-state index contributed by atoms with van der Waals surface area (Å²) < 4.78 is 32.0. The number of ether oxygens (including phenoxy) is 3. The molecule has 4 heterocycles. The summed E-state index contributed by atoms with van der Waals surface area (Å²) in [5, 5.41) is 12.5. The molecule has 2 aromatic carbocycles. The quantitative estimate of drug-likeness (QED) is 0.314. The standard InChI is InChI=1S/C35H38FN5O4/c1-34(2,3)45-33(42)35(39-30-7-4-5-9-31(30)41(35)21-27-15-18-43-27)23-40-16-13-25(14-17-40)29-8-6-10-32(38-29)44-22-26-12-11-24(20-37)19-28(26)36/h4-13,19,27,39H,14-18,21-23H2,1-3H3/t27-,35?/m0/s1. The van der Waals surface area contributed by atoms with Crippen LogP contribution in [0.1, 0.15) is 50.4 Å². The van der Waals surface area contributed by atoms with Crippen LogP contribution < -0.4 is 15.0 Å². The number of benzene rings is 2. The molecule has 2 atom stereocenters. The van der Waals surface area contributed by atoms with Crippen molar-refractivity contribution in [1.29, 1.82) is 5.26 Å². The summed E-state index contributed by atoms with van der Waals surface area (Å²) in [7, 11) is 0. The molecule has 10 heteroatoms. The number of halogens is 1. The van der Waals surface area contributed by atoms with Crippen LogP contribution >= 0.6 is 0 Å². The van der Waals surface area contributed by atoms with E-state index < -0.39 is 17.1 Å². The van der Waals surface area contributed by atoms with E-state index >= 15 is 0 Å². The van der Waals surface area contributed by atoms with Gasteiger partial charge < -0.3 is 24.4 Å². The maximum absolute atomic E-state index is 14.3. The van der Waals surface area contributed by atoms with Crippen molar-refractivity contribution in [2.45, 2.75) is 57.6 Å². The van der Waals surface area contributed by atoms with Gasteiger partial charge >= 0.3 is 5.97 Å². The summed E-state index contributed by atoms with van der Waals surface area (Å²) in [6.45, 7) is 8.75. The fourth-order valence-corrected chi connectivity index (χ4v) is 5.88. The van der Waals surface area contributed by atoms with Crippen molar-refractivity contribution in [2.24, 2.45) is 0 Å². The number of pyridine rings is 1. The van der Waals surface area contributed by atoms with Crippen molar-refractivity contribution in [3.8, 4) is 11.9 Å². The Hall–Kier alpha value is -4.46. The number of nitriles is 1. The van der Waals surface area contributed by atoms with Crippen LogP contribution in [0.25, 0.3) is 5.57 Å². The lowest BCUT2D eigenvalue weighted by Gasteiger charge is -2.44. The predicted molar refractivity (Wildman–Crippen MR) is 169 cm³/mol. The van der Waals surface area contributed by atoms with Crippen molar-refractivity contribution in [3.05, 3.63) is 89.4 Å². The van der Waals surface area contributed by atoms with Gasteiger partial charge in [-0.05, 0) is 69.5 Å².